The molecule has 4 nitrogen and oxygen atoms in total. The molecule has 0 spiro atoms. The summed E-state index contributed by atoms with van der Waals surface area (Å²) in [4.78, 5) is 26.1. The monoisotopic (exact) mass is 282 g/mol. The zero-order chi connectivity index (χ0) is 15.0. The second kappa shape index (κ2) is 5.20. The molecule has 1 unspecified atom stereocenters. The van der Waals surface area contributed by atoms with Crippen molar-refractivity contribution in [2.24, 2.45) is 0 Å². The van der Waals surface area contributed by atoms with Crippen LogP contribution in [0.15, 0.2) is 47.7 Å². The Morgan fingerprint density at radius 3 is 2.67 bits per heavy atom. The molecule has 1 aromatic carbocycles. The summed E-state index contributed by atoms with van der Waals surface area (Å²) < 4.78 is 0. The summed E-state index contributed by atoms with van der Waals surface area (Å²) in [5.41, 5.74) is 3.49. The molecule has 0 fully saturated rings. The van der Waals surface area contributed by atoms with Gasteiger partial charge in [-0.3, -0.25) is 9.69 Å². The van der Waals surface area contributed by atoms with E-state index in [-0.39, 0.29) is 17.9 Å². The smallest absolute Gasteiger partial charge is 0.322 e. The number of nitrogens with one attached hydrogen (secondary N) is 1. The fourth-order valence-corrected chi connectivity index (χ4v) is 2.87. The molecule has 0 radical (unpaired) electrons. The third kappa shape index (κ3) is 2.37. The number of fused-ring (bicyclic) bond motifs is 1. The normalized spacial score (nSPS) is 21.1. The third-order valence-corrected chi connectivity index (χ3v) is 3.95. The summed E-state index contributed by atoms with van der Waals surface area (Å²) in [6.07, 6.45) is 4.72. The van der Waals surface area contributed by atoms with Crippen LogP contribution in [0.2, 0.25) is 0 Å². The van der Waals surface area contributed by atoms with E-state index in [0.29, 0.717) is 12.1 Å². The number of allylic oxidation sites excluding steroid dienone is 1. The predicted octanol–water partition coefficient (Wildman–Crippen LogP) is 2.86. The van der Waals surface area contributed by atoms with E-state index in [0.717, 1.165) is 23.2 Å². The standard InChI is InChI=1S/C17H18N2O2/c1-11-6-8-13(9-7-11)16-15(12(2)20)14-5-3-4-10-19(14)17(21)18-16/h3,5-9,16H,4,10H2,1-2H3,(H,18,21). The topological polar surface area (TPSA) is 49.4 Å². The summed E-state index contributed by atoms with van der Waals surface area (Å²) in [5.74, 6) is -0.00729. The second-order valence-corrected chi connectivity index (χ2v) is 5.49. The first-order chi connectivity index (χ1) is 10.1. The molecule has 2 aliphatic rings. The average molecular weight is 282 g/mol. The number of carbonyl (C=O) groups is 2. The van der Waals surface area contributed by atoms with Crippen LogP contribution in [-0.4, -0.2) is 23.3 Å². The van der Waals surface area contributed by atoms with Gasteiger partial charge in [0, 0.05) is 12.1 Å². The van der Waals surface area contributed by atoms with E-state index >= 15 is 0 Å². The second-order valence-electron chi connectivity index (χ2n) is 5.49. The highest BCUT2D eigenvalue weighted by molar-refractivity contribution is 5.99. The molecule has 2 heterocycles. The number of carbonyl (C=O) groups excluding carboxylic acids is 2. The number of ketones is 1. The molecular weight excluding hydrogens is 264 g/mol. The fraction of sp³-hybridized carbons (Fsp3) is 0.294. The summed E-state index contributed by atoms with van der Waals surface area (Å²) in [7, 11) is 0. The van der Waals surface area contributed by atoms with Crippen molar-refractivity contribution in [1.82, 2.24) is 10.2 Å². The number of hydrogen-bond donors (Lipinski definition) is 1. The Labute approximate surface area is 124 Å². The predicted molar refractivity (Wildman–Crippen MR) is 80.6 cm³/mol. The van der Waals surface area contributed by atoms with Crippen LogP contribution in [0.4, 0.5) is 4.79 Å². The quantitative estimate of drug-likeness (QED) is 0.906. The van der Waals surface area contributed by atoms with Crippen LogP contribution in [0.1, 0.15) is 30.5 Å². The fourth-order valence-electron chi connectivity index (χ4n) is 2.87. The molecule has 1 atom stereocenters. The Balaban J connectivity index is 2.13. The van der Waals surface area contributed by atoms with Gasteiger partial charge in [-0.2, -0.15) is 0 Å². The Kier molecular flexibility index (Phi) is 3.37. The van der Waals surface area contributed by atoms with Crippen molar-refractivity contribution in [1.29, 1.82) is 0 Å². The highest BCUT2D eigenvalue weighted by Crippen LogP contribution is 2.33. The van der Waals surface area contributed by atoms with E-state index in [4.69, 9.17) is 0 Å². The lowest BCUT2D eigenvalue weighted by atomic mass is 9.90. The van der Waals surface area contributed by atoms with Gasteiger partial charge < -0.3 is 5.32 Å². The number of nitrogens with zero attached hydrogens (tertiary/aromatic N) is 1. The van der Waals surface area contributed by atoms with E-state index in [1.165, 1.54) is 0 Å². The molecule has 0 bridgehead atoms. The van der Waals surface area contributed by atoms with Crippen LogP contribution >= 0.6 is 0 Å². The van der Waals surface area contributed by atoms with Gasteiger partial charge in [-0.05, 0) is 31.9 Å². The zero-order valence-electron chi connectivity index (χ0n) is 12.2. The Morgan fingerprint density at radius 1 is 1.29 bits per heavy atom. The summed E-state index contributed by atoms with van der Waals surface area (Å²) in [5, 5.41) is 2.96. The van der Waals surface area contributed by atoms with E-state index < -0.39 is 0 Å². The van der Waals surface area contributed by atoms with Crippen LogP contribution in [0.25, 0.3) is 0 Å². The number of urea groups is 1. The lowest BCUT2D eigenvalue weighted by molar-refractivity contribution is -0.114. The van der Waals surface area contributed by atoms with Gasteiger partial charge in [0.2, 0.25) is 0 Å². The van der Waals surface area contributed by atoms with Gasteiger partial charge in [0.15, 0.2) is 5.78 Å². The van der Waals surface area contributed by atoms with Gasteiger partial charge in [0.1, 0.15) is 0 Å². The minimum atomic E-state index is -0.371. The molecule has 1 aromatic rings. The highest BCUT2D eigenvalue weighted by Gasteiger charge is 2.35. The maximum Gasteiger partial charge on any atom is 0.322 e. The number of aryl methyl sites for hydroxylation is 1. The Bertz CT molecular complexity index is 656. The maximum absolute atomic E-state index is 12.3. The van der Waals surface area contributed by atoms with E-state index in [1.54, 1.807) is 11.8 Å². The molecule has 3 rings (SSSR count). The van der Waals surface area contributed by atoms with E-state index in [9.17, 15) is 9.59 Å². The molecule has 2 aliphatic heterocycles. The number of amides is 2. The van der Waals surface area contributed by atoms with Crippen molar-refractivity contribution in [2.75, 3.05) is 6.54 Å². The number of Topliss-reactive ketones (excluding diaryl/α,β-unsaturated/α-hetero) is 1. The molecule has 2 amide bonds. The van der Waals surface area contributed by atoms with Crippen LogP contribution in [0.3, 0.4) is 0 Å². The van der Waals surface area contributed by atoms with E-state index in [1.807, 2.05) is 43.3 Å². The highest BCUT2D eigenvalue weighted by atomic mass is 16.2. The Hall–Kier alpha value is -2.36. The number of benzene rings is 1. The molecule has 0 aromatic heterocycles. The van der Waals surface area contributed by atoms with Crippen molar-refractivity contribution in [3.63, 3.8) is 0 Å². The first kappa shape index (κ1) is 13.6. The lowest BCUT2D eigenvalue weighted by Crippen LogP contribution is -2.48. The van der Waals surface area contributed by atoms with Crippen LogP contribution in [0.5, 0.6) is 0 Å². The number of rotatable bonds is 2. The largest absolute Gasteiger partial charge is 0.327 e. The van der Waals surface area contributed by atoms with Crippen molar-refractivity contribution in [3.8, 4) is 0 Å². The first-order valence-electron chi connectivity index (χ1n) is 7.14. The molecule has 0 saturated heterocycles. The minimum Gasteiger partial charge on any atom is -0.327 e. The van der Waals surface area contributed by atoms with Gasteiger partial charge in [0.05, 0.1) is 11.7 Å². The average Bonchev–Trinajstić information content (AvgIpc) is 2.47. The molecule has 1 N–H and O–H groups in total. The van der Waals surface area contributed by atoms with Gasteiger partial charge in [-0.25, -0.2) is 4.79 Å². The summed E-state index contributed by atoms with van der Waals surface area (Å²) >= 11 is 0. The number of hydrogen-bond acceptors (Lipinski definition) is 2. The van der Waals surface area contributed by atoms with Crippen LogP contribution < -0.4 is 5.32 Å². The zero-order valence-corrected chi connectivity index (χ0v) is 12.2. The van der Waals surface area contributed by atoms with Gasteiger partial charge >= 0.3 is 6.03 Å². The van der Waals surface area contributed by atoms with Crippen molar-refractivity contribution < 1.29 is 9.59 Å². The molecule has 0 aliphatic carbocycles. The maximum atomic E-state index is 12.3. The molecule has 21 heavy (non-hydrogen) atoms. The van der Waals surface area contributed by atoms with Crippen LogP contribution in [-0.2, 0) is 4.79 Å². The molecule has 4 heteroatoms. The van der Waals surface area contributed by atoms with Crippen LogP contribution in [0, 0.1) is 6.92 Å². The Morgan fingerprint density at radius 2 is 2.00 bits per heavy atom. The van der Waals surface area contributed by atoms with Gasteiger partial charge in [0.25, 0.3) is 0 Å². The summed E-state index contributed by atoms with van der Waals surface area (Å²) in [6, 6.07) is 7.41. The van der Waals surface area contributed by atoms with Gasteiger partial charge in [-0.15, -0.1) is 0 Å². The lowest BCUT2D eigenvalue weighted by Gasteiger charge is -2.37. The minimum absolute atomic E-state index is 0.00729. The van der Waals surface area contributed by atoms with Crippen molar-refractivity contribution >= 4 is 11.8 Å². The molecule has 108 valence electrons. The van der Waals surface area contributed by atoms with Gasteiger partial charge in [-0.1, -0.05) is 35.9 Å². The van der Waals surface area contributed by atoms with Crippen molar-refractivity contribution in [3.05, 3.63) is 58.8 Å². The third-order valence-electron chi connectivity index (χ3n) is 3.95. The SMILES string of the molecule is CC(=O)C1=C2C=CCCN2C(=O)NC1c1ccc(C)cc1. The first-order valence-corrected chi connectivity index (χ1v) is 7.14. The molecular formula is C17H18N2O2. The summed E-state index contributed by atoms with van der Waals surface area (Å²) in [6.45, 7) is 4.19. The van der Waals surface area contributed by atoms with E-state index in [2.05, 4.69) is 5.32 Å². The van der Waals surface area contributed by atoms with Crippen molar-refractivity contribution in [2.45, 2.75) is 26.3 Å². The molecule has 0 saturated carbocycles.